The molecular formula is C12H18N6O2S. The van der Waals surface area contributed by atoms with Crippen molar-refractivity contribution < 1.29 is 8.42 Å². The molecule has 2 aromatic heterocycles. The zero-order valence-corrected chi connectivity index (χ0v) is 12.5. The first-order valence-corrected chi connectivity index (χ1v) is 8.27. The van der Waals surface area contributed by atoms with Gasteiger partial charge in [0.1, 0.15) is 11.8 Å². The predicted molar refractivity (Wildman–Crippen MR) is 79.9 cm³/mol. The maximum Gasteiger partial charge on any atom is 0.274 e. The molecule has 0 aliphatic carbocycles. The number of nitrogens with one attached hydrogen (secondary N) is 1. The molecule has 3 heterocycles. The highest BCUT2D eigenvalue weighted by molar-refractivity contribution is 7.87. The molecule has 0 atom stereocenters. The number of fused-ring (bicyclic) bond motifs is 1. The SMILES string of the molecule is Cn1ccc2ncnc(N3CC(CCNS(N)(=O)=O)C3)c21. The highest BCUT2D eigenvalue weighted by Gasteiger charge is 2.29. The molecule has 1 fully saturated rings. The van der Waals surface area contributed by atoms with Crippen molar-refractivity contribution in [3.8, 4) is 0 Å². The Kier molecular flexibility index (Phi) is 3.56. The van der Waals surface area contributed by atoms with E-state index in [1.165, 1.54) is 0 Å². The van der Waals surface area contributed by atoms with Crippen LogP contribution >= 0.6 is 0 Å². The minimum atomic E-state index is -3.58. The topological polar surface area (TPSA) is 106 Å². The summed E-state index contributed by atoms with van der Waals surface area (Å²) >= 11 is 0. The van der Waals surface area contributed by atoms with Gasteiger partial charge in [-0.25, -0.2) is 19.8 Å². The molecule has 2 aromatic rings. The fraction of sp³-hybridized carbons (Fsp3) is 0.500. The van der Waals surface area contributed by atoms with E-state index in [0.29, 0.717) is 12.5 Å². The van der Waals surface area contributed by atoms with Crippen molar-refractivity contribution in [2.24, 2.45) is 18.1 Å². The van der Waals surface area contributed by atoms with Gasteiger partial charge >= 0.3 is 0 Å². The van der Waals surface area contributed by atoms with Gasteiger partial charge in [-0.15, -0.1) is 0 Å². The maximum atomic E-state index is 10.8. The molecule has 3 N–H and O–H groups in total. The number of hydrogen-bond acceptors (Lipinski definition) is 5. The van der Waals surface area contributed by atoms with Crippen LogP contribution in [-0.4, -0.2) is 42.6 Å². The number of nitrogens with zero attached hydrogens (tertiary/aromatic N) is 4. The Bertz CT molecular complexity index is 750. The number of anilines is 1. The Morgan fingerprint density at radius 3 is 2.90 bits per heavy atom. The lowest BCUT2D eigenvalue weighted by atomic mass is 9.96. The highest BCUT2D eigenvalue weighted by atomic mass is 32.2. The molecule has 1 aliphatic heterocycles. The van der Waals surface area contributed by atoms with Crippen molar-refractivity contribution in [3.63, 3.8) is 0 Å². The normalized spacial score (nSPS) is 16.4. The first-order valence-electron chi connectivity index (χ1n) is 6.72. The second-order valence-electron chi connectivity index (χ2n) is 5.36. The second kappa shape index (κ2) is 5.24. The molecule has 0 radical (unpaired) electrons. The number of rotatable bonds is 5. The van der Waals surface area contributed by atoms with Gasteiger partial charge in [0.25, 0.3) is 10.2 Å². The molecule has 0 saturated carbocycles. The third-order valence-corrected chi connectivity index (χ3v) is 4.36. The minimum Gasteiger partial charge on any atom is -0.354 e. The standard InChI is InChI=1S/C12H18N6O2S/c1-17-5-3-10-11(17)12(15-8-14-10)18-6-9(7-18)2-4-16-21(13,19)20/h3,5,8-9,16H,2,4,6-7H2,1H3,(H2,13,19,20). The van der Waals surface area contributed by atoms with Gasteiger partial charge in [-0.3, -0.25) is 0 Å². The van der Waals surface area contributed by atoms with Crippen molar-refractivity contribution in [3.05, 3.63) is 18.6 Å². The first-order chi connectivity index (χ1) is 9.94. The van der Waals surface area contributed by atoms with E-state index < -0.39 is 10.2 Å². The van der Waals surface area contributed by atoms with Gasteiger partial charge in [-0.2, -0.15) is 8.42 Å². The monoisotopic (exact) mass is 310 g/mol. The molecule has 0 spiro atoms. The van der Waals surface area contributed by atoms with Crippen LogP contribution in [0.5, 0.6) is 0 Å². The van der Waals surface area contributed by atoms with Crippen LogP contribution in [0.4, 0.5) is 5.82 Å². The Morgan fingerprint density at radius 1 is 1.43 bits per heavy atom. The zero-order chi connectivity index (χ0) is 15.0. The molecular weight excluding hydrogens is 292 g/mol. The van der Waals surface area contributed by atoms with Gasteiger partial charge in [0, 0.05) is 32.9 Å². The van der Waals surface area contributed by atoms with E-state index in [4.69, 9.17) is 5.14 Å². The minimum absolute atomic E-state index is 0.376. The molecule has 114 valence electrons. The number of aromatic nitrogens is 3. The Morgan fingerprint density at radius 2 is 2.19 bits per heavy atom. The lowest BCUT2D eigenvalue weighted by Crippen LogP contribution is -2.48. The lowest BCUT2D eigenvalue weighted by molar-refractivity contribution is 0.382. The molecule has 0 bridgehead atoms. The molecule has 0 unspecified atom stereocenters. The van der Waals surface area contributed by atoms with Crippen molar-refractivity contribution in [1.29, 1.82) is 0 Å². The summed E-state index contributed by atoms with van der Waals surface area (Å²) in [6, 6.07) is 1.97. The predicted octanol–water partition coefficient (Wildman–Crippen LogP) is -0.412. The number of nitrogens with two attached hydrogens (primary N) is 1. The molecule has 8 nitrogen and oxygen atoms in total. The first kappa shape index (κ1) is 14.2. The molecule has 1 aliphatic rings. The quantitative estimate of drug-likeness (QED) is 0.781. The van der Waals surface area contributed by atoms with E-state index >= 15 is 0 Å². The van der Waals surface area contributed by atoms with Gasteiger partial charge in [-0.05, 0) is 18.4 Å². The molecule has 3 rings (SSSR count). The van der Waals surface area contributed by atoms with Gasteiger partial charge in [0.05, 0.1) is 5.52 Å². The molecule has 21 heavy (non-hydrogen) atoms. The fourth-order valence-electron chi connectivity index (χ4n) is 2.66. The average Bonchev–Trinajstić information content (AvgIpc) is 2.73. The summed E-state index contributed by atoms with van der Waals surface area (Å²) in [6.45, 7) is 2.11. The maximum absolute atomic E-state index is 10.8. The van der Waals surface area contributed by atoms with Crippen LogP contribution in [0.25, 0.3) is 11.0 Å². The number of aryl methyl sites for hydroxylation is 1. The third kappa shape index (κ3) is 2.99. The summed E-state index contributed by atoms with van der Waals surface area (Å²) in [5, 5.41) is 4.90. The molecule has 0 amide bonds. The third-order valence-electron chi connectivity index (χ3n) is 3.75. The van der Waals surface area contributed by atoms with Crippen molar-refractivity contribution >= 4 is 27.1 Å². The van der Waals surface area contributed by atoms with Crippen LogP contribution in [0.2, 0.25) is 0 Å². The van der Waals surface area contributed by atoms with Gasteiger partial charge in [0.2, 0.25) is 0 Å². The number of hydrogen-bond donors (Lipinski definition) is 2. The summed E-state index contributed by atoms with van der Waals surface area (Å²) in [5.41, 5.74) is 1.96. The Hall–Kier alpha value is -1.71. The van der Waals surface area contributed by atoms with E-state index in [-0.39, 0.29) is 0 Å². The molecule has 0 aromatic carbocycles. The van der Waals surface area contributed by atoms with Crippen molar-refractivity contribution in [2.45, 2.75) is 6.42 Å². The second-order valence-corrected chi connectivity index (χ2v) is 6.74. The van der Waals surface area contributed by atoms with Crippen LogP contribution < -0.4 is 14.8 Å². The van der Waals surface area contributed by atoms with Crippen LogP contribution in [0, 0.1) is 5.92 Å². The van der Waals surface area contributed by atoms with Crippen LogP contribution in [0.1, 0.15) is 6.42 Å². The largest absolute Gasteiger partial charge is 0.354 e. The molecule has 1 saturated heterocycles. The summed E-state index contributed by atoms with van der Waals surface area (Å²) in [6.07, 6.45) is 4.32. The van der Waals surface area contributed by atoms with Gasteiger partial charge in [-0.1, -0.05) is 0 Å². The highest BCUT2D eigenvalue weighted by Crippen LogP contribution is 2.30. The van der Waals surface area contributed by atoms with E-state index in [9.17, 15) is 8.42 Å². The average molecular weight is 310 g/mol. The lowest BCUT2D eigenvalue weighted by Gasteiger charge is -2.40. The van der Waals surface area contributed by atoms with Crippen LogP contribution in [0.15, 0.2) is 18.6 Å². The summed E-state index contributed by atoms with van der Waals surface area (Å²) in [5.74, 6) is 1.38. The van der Waals surface area contributed by atoms with E-state index in [1.807, 2.05) is 23.9 Å². The van der Waals surface area contributed by atoms with Crippen molar-refractivity contribution in [2.75, 3.05) is 24.5 Å². The van der Waals surface area contributed by atoms with Crippen LogP contribution in [-0.2, 0) is 17.3 Å². The van der Waals surface area contributed by atoms with E-state index in [1.54, 1.807) is 6.33 Å². The van der Waals surface area contributed by atoms with Crippen molar-refractivity contribution in [1.82, 2.24) is 19.3 Å². The summed E-state index contributed by atoms with van der Waals surface area (Å²) in [7, 11) is -1.61. The van der Waals surface area contributed by atoms with E-state index in [0.717, 1.165) is 36.4 Å². The Balaban J connectivity index is 1.62. The smallest absolute Gasteiger partial charge is 0.274 e. The van der Waals surface area contributed by atoms with E-state index in [2.05, 4.69) is 19.6 Å². The van der Waals surface area contributed by atoms with Gasteiger partial charge in [0.15, 0.2) is 5.82 Å². The fourth-order valence-corrected chi connectivity index (χ4v) is 3.06. The van der Waals surface area contributed by atoms with Crippen LogP contribution in [0.3, 0.4) is 0 Å². The zero-order valence-electron chi connectivity index (χ0n) is 11.7. The summed E-state index contributed by atoms with van der Waals surface area (Å²) in [4.78, 5) is 10.8. The Labute approximate surface area is 123 Å². The van der Waals surface area contributed by atoms with Gasteiger partial charge < -0.3 is 9.47 Å². The summed E-state index contributed by atoms with van der Waals surface area (Å²) < 4.78 is 25.9. The molecule has 9 heteroatoms.